The number of methoxy groups -OCH3 is 1. The fourth-order valence-corrected chi connectivity index (χ4v) is 1.17. The highest BCUT2D eigenvalue weighted by Gasteiger charge is 2.24. The normalized spacial score (nSPS) is 23.7. The van der Waals surface area contributed by atoms with Crippen molar-refractivity contribution in [1.29, 1.82) is 0 Å². The van der Waals surface area contributed by atoms with Crippen LogP contribution >= 0.6 is 0 Å². The van der Waals surface area contributed by atoms with E-state index in [2.05, 4.69) is 18.8 Å². The summed E-state index contributed by atoms with van der Waals surface area (Å²) < 4.78 is 5.08. The summed E-state index contributed by atoms with van der Waals surface area (Å²) in [4.78, 5) is 4.24. The summed E-state index contributed by atoms with van der Waals surface area (Å²) in [6, 6.07) is 0. The molecule has 1 aliphatic heterocycles. The Morgan fingerprint density at radius 3 is 2.60 bits per heavy atom. The predicted molar refractivity (Wildman–Crippen MR) is 42.3 cm³/mol. The molecule has 0 aromatic carbocycles. The van der Waals surface area contributed by atoms with Crippen molar-refractivity contribution in [2.75, 3.05) is 13.7 Å². The molecule has 10 heavy (non-hydrogen) atoms. The van der Waals surface area contributed by atoms with Gasteiger partial charge in [-0.3, -0.25) is 4.99 Å². The predicted octanol–water partition coefficient (Wildman–Crippen LogP) is 1.85. The van der Waals surface area contributed by atoms with Gasteiger partial charge in [-0.25, -0.2) is 0 Å². The smallest absolute Gasteiger partial charge is 0.183 e. The first-order valence-corrected chi connectivity index (χ1v) is 3.71. The van der Waals surface area contributed by atoms with E-state index in [0.29, 0.717) is 5.41 Å². The van der Waals surface area contributed by atoms with Gasteiger partial charge >= 0.3 is 0 Å². The lowest BCUT2D eigenvalue weighted by molar-refractivity contribution is 0.288. The van der Waals surface area contributed by atoms with Gasteiger partial charge in [0.25, 0.3) is 0 Å². The second-order valence-corrected chi connectivity index (χ2v) is 3.57. The van der Waals surface area contributed by atoms with Crippen LogP contribution in [0.1, 0.15) is 26.7 Å². The van der Waals surface area contributed by atoms with E-state index in [1.807, 2.05) is 0 Å². The summed E-state index contributed by atoms with van der Waals surface area (Å²) in [6.07, 6.45) is 2.17. The Morgan fingerprint density at radius 1 is 1.50 bits per heavy atom. The largest absolute Gasteiger partial charge is 0.484 e. The maximum Gasteiger partial charge on any atom is 0.183 e. The molecule has 1 heterocycles. The summed E-state index contributed by atoms with van der Waals surface area (Å²) >= 11 is 0. The third-order valence-corrected chi connectivity index (χ3v) is 1.94. The van der Waals surface area contributed by atoms with Crippen LogP contribution in [0, 0.1) is 5.41 Å². The summed E-state index contributed by atoms with van der Waals surface area (Å²) in [7, 11) is 1.69. The van der Waals surface area contributed by atoms with Crippen LogP contribution in [-0.2, 0) is 4.74 Å². The van der Waals surface area contributed by atoms with Crippen LogP contribution < -0.4 is 0 Å². The number of hydrogen-bond acceptors (Lipinski definition) is 2. The van der Waals surface area contributed by atoms with E-state index in [0.717, 1.165) is 18.9 Å². The van der Waals surface area contributed by atoms with Crippen LogP contribution in [0.25, 0.3) is 0 Å². The fraction of sp³-hybridized carbons (Fsp3) is 0.875. The molecular formula is C8H15NO. The Morgan fingerprint density at radius 2 is 2.20 bits per heavy atom. The summed E-state index contributed by atoms with van der Waals surface area (Å²) in [5.74, 6) is 0.913. The van der Waals surface area contributed by atoms with Gasteiger partial charge in [0.15, 0.2) is 5.90 Å². The standard InChI is InChI=1S/C8H15NO/c1-8(2)4-5-9-7(6-8)10-3/h4-6H2,1-3H3. The monoisotopic (exact) mass is 141 g/mol. The molecular weight excluding hydrogens is 126 g/mol. The lowest BCUT2D eigenvalue weighted by Crippen LogP contribution is -2.24. The third-order valence-electron chi connectivity index (χ3n) is 1.94. The van der Waals surface area contributed by atoms with E-state index in [1.165, 1.54) is 6.42 Å². The molecule has 0 atom stereocenters. The van der Waals surface area contributed by atoms with Crippen molar-refractivity contribution in [3.8, 4) is 0 Å². The highest BCUT2D eigenvalue weighted by molar-refractivity contribution is 5.77. The average Bonchev–Trinajstić information content (AvgIpc) is 1.86. The van der Waals surface area contributed by atoms with Crippen molar-refractivity contribution in [1.82, 2.24) is 0 Å². The second kappa shape index (κ2) is 2.60. The van der Waals surface area contributed by atoms with Crippen molar-refractivity contribution in [2.45, 2.75) is 26.7 Å². The molecule has 1 aliphatic rings. The van der Waals surface area contributed by atoms with Gasteiger partial charge in [0.05, 0.1) is 7.11 Å². The second-order valence-electron chi connectivity index (χ2n) is 3.57. The van der Waals surface area contributed by atoms with Gasteiger partial charge in [0, 0.05) is 13.0 Å². The van der Waals surface area contributed by atoms with E-state index in [9.17, 15) is 0 Å². The molecule has 1 rings (SSSR count). The van der Waals surface area contributed by atoms with Gasteiger partial charge in [-0.05, 0) is 11.8 Å². The van der Waals surface area contributed by atoms with Crippen molar-refractivity contribution in [3.05, 3.63) is 0 Å². The topological polar surface area (TPSA) is 21.6 Å². The zero-order valence-electron chi connectivity index (χ0n) is 6.98. The molecule has 0 unspecified atom stereocenters. The minimum atomic E-state index is 0.396. The lowest BCUT2D eigenvalue weighted by Gasteiger charge is -2.27. The Bertz CT molecular complexity index is 149. The first-order chi connectivity index (χ1) is 4.64. The maximum absolute atomic E-state index is 5.08. The molecule has 0 amide bonds. The van der Waals surface area contributed by atoms with Crippen LogP contribution in [0.4, 0.5) is 0 Å². The van der Waals surface area contributed by atoms with Crippen LogP contribution in [0.2, 0.25) is 0 Å². The fourth-order valence-electron chi connectivity index (χ4n) is 1.17. The highest BCUT2D eigenvalue weighted by atomic mass is 16.5. The van der Waals surface area contributed by atoms with Gasteiger partial charge in [-0.2, -0.15) is 0 Å². The van der Waals surface area contributed by atoms with E-state index in [-0.39, 0.29) is 0 Å². The van der Waals surface area contributed by atoms with Crippen molar-refractivity contribution in [2.24, 2.45) is 10.4 Å². The maximum atomic E-state index is 5.08. The van der Waals surface area contributed by atoms with Crippen LogP contribution in [0.3, 0.4) is 0 Å². The van der Waals surface area contributed by atoms with Gasteiger partial charge in [0.1, 0.15) is 0 Å². The Kier molecular flexibility index (Phi) is 1.97. The van der Waals surface area contributed by atoms with Crippen molar-refractivity contribution >= 4 is 5.90 Å². The Labute approximate surface area is 62.3 Å². The molecule has 0 saturated heterocycles. The quantitative estimate of drug-likeness (QED) is 0.504. The van der Waals surface area contributed by atoms with Gasteiger partial charge in [0.2, 0.25) is 0 Å². The third kappa shape index (κ3) is 1.72. The van der Waals surface area contributed by atoms with E-state index >= 15 is 0 Å². The molecule has 0 aromatic heterocycles. The zero-order valence-corrected chi connectivity index (χ0v) is 6.98. The zero-order chi connectivity index (χ0) is 7.61. The number of ether oxygens (including phenoxy) is 1. The summed E-state index contributed by atoms with van der Waals surface area (Å²) in [6.45, 7) is 5.43. The van der Waals surface area contributed by atoms with Gasteiger partial charge in [-0.15, -0.1) is 0 Å². The van der Waals surface area contributed by atoms with Crippen LogP contribution in [-0.4, -0.2) is 19.6 Å². The molecule has 2 nitrogen and oxygen atoms in total. The molecule has 0 radical (unpaired) electrons. The molecule has 0 bridgehead atoms. The molecule has 0 N–H and O–H groups in total. The SMILES string of the molecule is COC1=NCCC(C)(C)C1. The summed E-state index contributed by atoms with van der Waals surface area (Å²) in [5, 5.41) is 0. The molecule has 0 spiro atoms. The van der Waals surface area contributed by atoms with Crippen LogP contribution in [0.15, 0.2) is 4.99 Å². The average molecular weight is 141 g/mol. The minimum Gasteiger partial charge on any atom is -0.484 e. The first kappa shape index (κ1) is 7.58. The molecule has 0 saturated carbocycles. The molecule has 0 fully saturated rings. The minimum absolute atomic E-state index is 0.396. The number of nitrogens with zero attached hydrogens (tertiary/aromatic N) is 1. The van der Waals surface area contributed by atoms with E-state index in [1.54, 1.807) is 7.11 Å². The van der Waals surface area contributed by atoms with Crippen molar-refractivity contribution < 1.29 is 4.74 Å². The van der Waals surface area contributed by atoms with Crippen molar-refractivity contribution in [3.63, 3.8) is 0 Å². The summed E-state index contributed by atoms with van der Waals surface area (Å²) in [5.41, 5.74) is 0.396. The molecule has 2 heteroatoms. The highest BCUT2D eigenvalue weighted by Crippen LogP contribution is 2.28. The van der Waals surface area contributed by atoms with Gasteiger partial charge < -0.3 is 4.74 Å². The Hall–Kier alpha value is -0.530. The number of rotatable bonds is 0. The van der Waals surface area contributed by atoms with Gasteiger partial charge in [-0.1, -0.05) is 13.8 Å². The van der Waals surface area contributed by atoms with Crippen LogP contribution in [0.5, 0.6) is 0 Å². The number of hydrogen-bond donors (Lipinski definition) is 0. The molecule has 0 aliphatic carbocycles. The van der Waals surface area contributed by atoms with E-state index < -0.39 is 0 Å². The number of aliphatic imine (C=N–C) groups is 1. The lowest BCUT2D eigenvalue weighted by atomic mass is 9.84. The Balaban J connectivity index is 2.57. The first-order valence-electron chi connectivity index (χ1n) is 3.71. The van der Waals surface area contributed by atoms with E-state index in [4.69, 9.17) is 4.74 Å². The molecule has 0 aromatic rings. The molecule has 58 valence electrons.